The SMILES string of the molecule is CC(C)c1c(C(=O)N2CCN(c3ccc(F)cc3F)CC2)nc(-c2ccc(F)cc2)n1CCC(O)CC(O)CC(=O)O. The number of imidazole rings is 1. The molecule has 1 aliphatic heterocycles. The van der Waals surface area contributed by atoms with Gasteiger partial charge in [-0.3, -0.25) is 9.59 Å². The number of aliphatic carboxylic acids is 1. The number of hydrogen-bond donors (Lipinski definition) is 3. The van der Waals surface area contributed by atoms with E-state index >= 15 is 0 Å². The van der Waals surface area contributed by atoms with E-state index in [1.165, 1.54) is 24.3 Å². The molecule has 0 saturated carbocycles. The summed E-state index contributed by atoms with van der Waals surface area (Å²) in [7, 11) is 0. The van der Waals surface area contributed by atoms with Gasteiger partial charge in [-0.1, -0.05) is 13.8 Å². The minimum atomic E-state index is -1.21. The summed E-state index contributed by atoms with van der Waals surface area (Å²) < 4.78 is 43.2. The van der Waals surface area contributed by atoms with E-state index < -0.39 is 42.0 Å². The van der Waals surface area contributed by atoms with Gasteiger partial charge in [0.1, 0.15) is 23.3 Å². The van der Waals surface area contributed by atoms with Crippen molar-refractivity contribution >= 4 is 17.6 Å². The summed E-state index contributed by atoms with van der Waals surface area (Å²) in [5.74, 6) is -3.02. The van der Waals surface area contributed by atoms with E-state index in [0.717, 1.165) is 6.07 Å². The molecular formula is C30H35F3N4O5. The first-order valence-electron chi connectivity index (χ1n) is 13.9. The number of anilines is 1. The number of amides is 1. The zero-order valence-electron chi connectivity index (χ0n) is 23.5. The average molecular weight is 589 g/mol. The maximum Gasteiger partial charge on any atom is 0.305 e. The Morgan fingerprint density at radius 2 is 1.57 bits per heavy atom. The minimum absolute atomic E-state index is 0.130. The lowest BCUT2D eigenvalue weighted by Gasteiger charge is -2.36. The maximum atomic E-state index is 14.3. The number of carboxylic acid groups (broad SMARTS) is 1. The van der Waals surface area contributed by atoms with Crippen LogP contribution in [0, 0.1) is 17.5 Å². The van der Waals surface area contributed by atoms with Crippen LogP contribution >= 0.6 is 0 Å². The van der Waals surface area contributed by atoms with Gasteiger partial charge >= 0.3 is 5.97 Å². The summed E-state index contributed by atoms with van der Waals surface area (Å²) in [5.41, 5.74) is 1.66. The Morgan fingerprint density at radius 1 is 0.929 bits per heavy atom. The van der Waals surface area contributed by atoms with E-state index in [1.807, 2.05) is 18.4 Å². The molecule has 2 aromatic carbocycles. The molecule has 0 bridgehead atoms. The fraction of sp³-hybridized carbons (Fsp3) is 0.433. The van der Waals surface area contributed by atoms with E-state index in [1.54, 1.807) is 21.9 Å². The summed E-state index contributed by atoms with van der Waals surface area (Å²) in [6.07, 6.45) is -2.69. The monoisotopic (exact) mass is 588 g/mol. The number of benzene rings is 2. The second-order valence-electron chi connectivity index (χ2n) is 10.8. The van der Waals surface area contributed by atoms with Gasteiger partial charge in [-0.25, -0.2) is 18.2 Å². The third kappa shape index (κ3) is 7.29. The molecule has 1 aromatic heterocycles. The first-order valence-corrected chi connectivity index (χ1v) is 13.9. The largest absolute Gasteiger partial charge is 0.481 e. The number of carbonyl (C=O) groups is 2. The molecule has 0 radical (unpaired) electrons. The van der Waals surface area contributed by atoms with Crippen LogP contribution in [0.3, 0.4) is 0 Å². The average Bonchev–Trinajstić information content (AvgIpc) is 3.31. The van der Waals surface area contributed by atoms with Gasteiger partial charge in [-0.15, -0.1) is 0 Å². The Labute approximate surface area is 241 Å². The van der Waals surface area contributed by atoms with Gasteiger partial charge in [-0.2, -0.15) is 0 Å². The van der Waals surface area contributed by atoms with Gasteiger partial charge in [-0.05, 0) is 55.2 Å². The predicted octanol–water partition coefficient (Wildman–Crippen LogP) is 4.03. The molecule has 4 rings (SSSR count). The fourth-order valence-electron chi connectivity index (χ4n) is 5.29. The molecule has 0 aliphatic carbocycles. The lowest BCUT2D eigenvalue weighted by atomic mass is 10.0. The molecule has 226 valence electrons. The van der Waals surface area contributed by atoms with Crippen LogP contribution in [0.5, 0.6) is 0 Å². The summed E-state index contributed by atoms with van der Waals surface area (Å²) in [6, 6.07) is 9.08. The van der Waals surface area contributed by atoms with Crippen molar-refractivity contribution in [2.75, 3.05) is 31.1 Å². The van der Waals surface area contributed by atoms with Crippen LogP contribution in [-0.4, -0.2) is 80.0 Å². The first-order chi connectivity index (χ1) is 19.9. The number of rotatable bonds is 11. The van der Waals surface area contributed by atoms with Crippen molar-refractivity contribution in [1.82, 2.24) is 14.5 Å². The highest BCUT2D eigenvalue weighted by atomic mass is 19.1. The molecule has 12 heteroatoms. The molecule has 2 unspecified atom stereocenters. The summed E-state index contributed by atoms with van der Waals surface area (Å²) >= 11 is 0. The molecule has 1 aliphatic rings. The molecule has 9 nitrogen and oxygen atoms in total. The van der Waals surface area contributed by atoms with E-state index in [4.69, 9.17) is 10.1 Å². The van der Waals surface area contributed by atoms with E-state index in [2.05, 4.69) is 0 Å². The minimum Gasteiger partial charge on any atom is -0.481 e. The van der Waals surface area contributed by atoms with Crippen LogP contribution < -0.4 is 4.90 Å². The molecule has 42 heavy (non-hydrogen) atoms. The third-order valence-corrected chi connectivity index (χ3v) is 7.32. The molecule has 2 heterocycles. The predicted molar refractivity (Wildman–Crippen MR) is 150 cm³/mol. The highest BCUT2D eigenvalue weighted by Crippen LogP contribution is 2.30. The molecule has 2 atom stereocenters. The van der Waals surface area contributed by atoms with Crippen LogP contribution in [0.1, 0.15) is 55.2 Å². The van der Waals surface area contributed by atoms with Crippen LogP contribution in [-0.2, 0) is 11.3 Å². The number of aliphatic hydroxyl groups excluding tert-OH is 2. The normalized spacial score (nSPS) is 15.2. The summed E-state index contributed by atoms with van der Waals surface area (Å²) in [5, 5.41) is 29.4. The topological polar surface area (TPSA) is 119 Å². The van der Waals surface area contributed by atoms with Crippen LogP contribution in [0.2, 0.25) is 0 Å². The van der Waals surface area contributed by atoms with Gasteiger partial charge in [0, 0.05) is 44.4 Å². The van der Waals surface area contributed by atoms with E-state index in [0.29, 0.717) is 30.2 Å². The molecule has 1 fully saturated rings. The zero-order chi connectivity index (χ0) is 30.6. The van der Waals surface area contributed by atoms with Gasteiger partial charge in [0.25, 0.3) is 5.91 Å². The lowest BCUT2D eigenvalue weighted by molar-refractivity contribution is -0.139. The van der Waals surface area contributed by atoms with Crippen molar-refractivity contribution in [2.24, 2.45) is 0 Å². The van der Waals surface area contributed by atoms with Crippen LogP contribution in [0.25, 0.3) is 11.4 Å². The Bertz CT molecular complexity index is 1400. The highest BCUT2D eigenvalue weighted by Gasteiger charge is 2.31. The molecule has 0 spiro atoms. The van der Waals surface area contributed by atoms with E-state index in [-0.39, 0.29) is 55.7 Å². The standard InChI is InChI=1S/C30H35F3N4O5/c1-18(2)28-27(30(42)36-13-11-35(12-14-36)25-8-7-21(32)15-24(25)33)34-29(19-3-5-20(31)6-4-19)37(28)10-9-22(38)16-23(39)17-26(40)41/h3-8,15,18,22-23,38-39H,9-14,16-17H2,1-2H3,(H,40,41). The van der Waals surface area contributed by atoms with Crippen molar-refractivity contribution in [3.8, 4) is 11.4 Å². The number of aliphatic hydroxyl groups is 2. The fourth-order valence-corrected chi connectivity index (χ4v) is 5.29. The van der Waals surface area contributed by atoms with Crippen molar-refractivity contribution < 1.29 is 38.1 Å². The second kappa shape index (κ2) is 13.4. The van der Waals surface area contributed by atoms with Gasteiger partial charge in [0.2, 0.25) is 0 Å². The number of piperazine rings is 1. The third-order valence-electron chi connectivity index (χ3n) is 7.32. The second-order valence-corrected chi connectivity index (χ2v) is 10.8. The number of carbonyl (C=O) groups excluding carboxylic acids is 1. The molecule has 1 amide bonds. The van der Waals surface area contributed by atoms with Crippen molar-refractivity contribution in [3.05, 3.63) is 71.3 Å². The number of aromatic nitrogens is 2. The van der Waals surface area contributed by atoms with Crippen LogP contribution in [0.4, 0.5) is 18.9 Å². The molecule has 3 N–H and O–H groups in total. The van der Waals surface area contributed by atoms with Crippen molar-refractivity contribution in [2.45, 2.75) is 57.8 Å². The van der Waals surface area contributed by atoms with Gasteiger partial charge < -0.3 is 29.7 Å². The first kappa shape index (κ1) is 31.0. The quantitative estimate of drug-likeness (QED) is 0.310. The van der Waals surface area contributed by atoms with Crippen LogP contribution in [0.15, 0.2) is 42.5 Å². The van der Waals surface area contributed by atoms with E-state index in [9.17, 15) is 33.0 Å². The van der Waals surface area contributed by atoms with Crippen molar-refractivity contribution in [3.63, 3.8) is 0 Å². The molecule has 3 aromatic rings. The Balaban J connectivity index is 1.59. The lowest BCUT2D eigenvalue weighted by Crippen LogP contribution is -2.49. The Hall–Kier alpha value is -3.90. The summed E-state index contributed by atoms with van der Waals surface area (Å²) in [4.78, 5) is 32.8. The summed E-state index contributed by atoms with van der Waals surface area (Å²) in [6.45, 7) is 5.25. The number of hydrogen-bond acceptors (Lipinski definition) is 6. The maximum absolute atomic E-state index is 14.3. The molecular weight excluding hydrogens is 553 g/mol. The van der Waals surface area contributed by atoms with Crippen molar-refractivity contribution in [1.29, 1.82) is 0 Å². The van der Waals surface area contributed by atoms with Gasteiger partial charge in [0.15, 0.2) is 5.69 Å². The Kier molecular flexibility index (Phi) is 9.89. The zero-order valence-corrected chi connectivity index (χ0v) is 23.5. The smallest absolute Gasteiger partial charge is 0.305 e. The van der Waals surface area contributed by atoms with Gasteiger partial charge in [0.05, 0.1) is 30.0 Å². The number of nitrogens with zero attached hydrogens (tertiary/aromatic N) is 4. The number of carboxylic acids is 1. The molecule has 1 saturated heterocycles. The highest BCUT2D eigenvalue weighted by molar-refractivity contribution is 5.94. The number of halogens is 3. The Morgan fingerprint density at radius 3 is 2.17 bits per heavy atom.